The molecule has 0 bridgehead atoms. The average molecular weight is 289 g/mol. The molecule has 1 atom stereocenters. The Morgan fingerprint density at radius 1 is 1.47 bits per heavy atom. The summed E-state index contributed by atoms with van der Waals surface area (Å²) in [4.78, 5) is 11.6. The minimum Gasteiger partial charge on any atom is -0.464 e. The molecular weight excluding hydrogens is 274 g/mol. The first-order valence-electron chi connectivity index (χ1n) is 5.70. The van der Waals surface area contributed by atoms with Crippen LogP contribution in [0.2, 0.25) is 0 Å². The van der Waals surface area contributed by atoms with Gasteiger partial charge in [-0.25, -0.2) is 17.9 Å². The van der Waals surface area contributed by atoms with Gasteiger partial charge in [0.15, 0.2) is 15.5 Å². The van der Waals surface area contributed by atoms with Crippen molar-refractivity contribution in [2.24, 2.45) is 0 Å². The lowest BCUT2D eigenvalue weighted by Gasteiger charge is -2.11. The predicted octanol–water partition coefficient (Wildman–Crippen LogP) is -0.429. The highest BCUT2D eigenvalue weighted by atomic mass is 32.2. The van der Waals surface area contributed by atoms with Crippen LogP contribution in [0.15, 0.2) is 0 Å². The van der Waals surface area contributed by atoms with Crippen molar-refractivity contribution < 1.29 is 22.7 Å². The molecule has 0 N–H and O–H groups in total. The summed E-state index contributed by atoms with van der Waals surface area (Å²) < 4.78 is 34.1. The zero-order valence-electron chi connectivity index (χ0n) is 10.7. The SMILES string of the molecule is COCc1c(C(=O)OC)nnn1C1CCS(=O)(=O)C1. The number of carbonyl (C=O) groups excluding carboxylic acids is 1. The summed E-state index contributed by atoms with van der Waals surface area (Å²) in [7, 11) is -0.314. The van der Waals surface area contributed by atoms with E-state index in [2.05, 4.69) is 15.0 Å². The Bertz CT molecular complexity index is 580. The summed E-state index contributed by atoms with van der Waals surface area (Å²) >= 11 is 0. The van der Waals surface area contributed by atoms with Crippen molar-refractivity contribution in [2.75, 3.05) is 25.7 Å². The minimum absolute atomic E-state index is 0.00763. The van der Waals surface area contributed by atoms with Crippen molar-refractivity contribution in [3.63, 3.8) is 0 Å². The molecule has 1 aromatic rings. The molecule has 0 radical (unpaired) electrons. The maximum absolute atomic E-state index is 11.6. The molecule has 1 saturated heterocycles. The number of esters is 1. The van der Waals surface area contributed by atoms with Gasteiger partial charge in [0.2, 0.25) is 0 Å². The van der Waals surface area contributed by atoms with E-state index >= 15 is 0 Å². The largest absolute Gasteiger partial charge is 0.464 e. The first kappa shape index (κ1) is 13.9. The molecule has 8 nitrogen and oxygen atoms in total. The Labute approximate surface area is 110 Å². The van der Waals surface area contributed by atoms with E-state index in [-0.39, 0.29) is 29.8 Å². The molecule has 19 heavy (non-hydrogen) atoms. The van der Waals surface area contributed by atoms with E-state index in [1.807, 2.05) is 0 Å². The van der Waals surface area contributed by atoms with Gasteiger partial charge in [-0.2, -0.15) is 0 Å². The number of hydrogen-bond acceptors (Lipinski definition) is 7. The summed E-state index contributed by atoms with van der Waals surface area (Å²) in [5.74, 6) is -0.482. The highest BCUT2D eigenvalue weighted by molar-refractivity contribution is 7.91. The van der Waals surface area contributed by atoms with Crippen molar-refractivity contribution in [1.82, 2.24) is 15.0 Å². The van der Waals surface area contributed by atoms with Crippen LogP contribution in [0.25, 0.3) is 0 Å². The molecule has 2 heterocycles. The molecule has 0 saturated carbocycles. The minimum atomic E-state index is -3.04. The van der Waals surface area contributed by atoms with Gasteiger partial charge < -0.3 is 9.47 Å². The number of carbonyl (C=O) groups is 1. The second kappa shape index (κ2) is 5.25. The Morgan fingerprint density at radius 2 is 2.21 bits per heavy atom. The number of aromatic nitrogens is 3. The van der Waals surface area contributed by atoms with Gasteiger partial charge in [0.25, 0.3) is 0 Å². The third kappa shape index (κ3) is 2.76. The maximum Gasteiger partial charge on any atom is 0.360 e. The van der Waals surface area contributed by atoms with E-state index in [9.17, 15) is 13.2 Å². The van der Waals surface area contributed by atoms with Gasteiger partial charge in [0, 0.05) is 7.11 Å². The van der Waals surface area contributed by atoms with Crippen LogP contribution in [0.5, 0.6) is 0 Å². The highest BCUT2D eigenvalue weighted by Crippen LogP contribution is 2.25. The molecule has 9 heteroatoms. The zero-order chi connectivity index (χ0) is 14.0. The van der Waals surface area contributed by atoms with E-state index in [0.29, 0.717) is 12.1 Å². The van der Waals surface area contributed by atoms with E-state index in [1.165, 1.54) is 18.9 Å². The van der Waals surface area contributed by atoms with Gasteiger partial charge in [0.1, 0.15) is 0 Å². The smallest absolute Gasteiger partial charge is 0.360 e. The van der Waals surface area contributed by atoms with Crippen LogP contribution >= 0.6 is 0 Å². The number of methoxy groups -OCH3 is 2. The number of hydrogen-bond donors (Lipinski definition) is 0. The van der Waals surface area contributed by atoms with Gasteiger partial charge >= 0.3 is 5.97 Å². The highest BCUT2D eigenvalue weighted by Gasteiger charge is 2.33. The second-order valence-electron chi connectivity index (χ2n) is 4.31. The van der Waals surface area contributed by atoms with Crippen molar-refractivity contribution in [2.45, 2.75) is 19.1 Å². The molecular formula is C10H15N3O5S. The van der Waals surface area contributed by atoms with Gasteiger partial charge in [-0.1, -0.05) is 5.21 Å². The molecule has 106 valence electrons. The van der Waals surface area contributed by atoms with Gasteiger partial charge in [-0.15, -0.1) is 5.10 Å². The van der Waals surface area contributed by atoms with Crippen LogP contribution in [0.4, 0.5) is 0 Å². The molecule has 0 amide bonds. The second-order valence-corrected chi connectivity index (χ2v) is 6.54. The van der Waals surface area contributed by atoms with Crippen LogP contribution < -0.4 is 0 Å². The van der Waals surface area contributed by atoms with Crippen molar-refractivity contribution in [3.05, 3.63) is 11.4 Å². The average Bonchev–Trinajstić information content (AvgIpc) is 2.92. The summed E-state index contributed by atoms with van der Waals surface area (Å²) in [5, 5.41) is 7.63. The van der Waals surface area contributed by atoms with Crippen molar-refractivity contribution in [3.8, 4) is 0 Å². The first-order chi connectivity index (χ1) is 8.98. The predicted molar refractivity (Wildman–Crippen MR) is 64.4 cm³/mol. The number of rotatable bonds is 4. The topological polar surface area (TPSA) is 100 Å². The lowest BCUT2D eigenvalue weighted by molar-refractivity contribution is 0.0588. The number of sulfone groups is 1. The van der Waals surface area contributed by atoms with Crippen LogP contribution in [0.1, 0.15) is 28.6 Å². The lowest BCUT2D eigenvalue weighted by atomic mass is 10.2. The summed E-state index contributed by atoms with van der Waals surface area (Å²) in [6.07, 6.45) is 0.461. The molecule has 1 unspecified atom stereocenters. The van der Waals surface area contributed by atoms with Crippen LogP contribution in [0.3, 0.4) is 0 Å². The van der Waals surface area contributed by atoms with Gasteiger partial charge in [0.05, 0.1) is 37.0 Å². The summed E-state index contributed by atoms with van der Waals surface area (Å²) in [6, 6.07) is -0.305. The number of ether oxygens (including phenoxy) is 2. The van der Waals surface area contributed by atoms with E-state index in [0.717, 1.165) is 0 Å². The third-order valence-electron chi connectivity index (χ3n) is 3.01. The molecule has 1 fully saturated rings. The van der Waals surface area contributed by atoms with Crippen LogP contribution in [0, 0.1) is 0 Å². The van der Waals surface area contributed by atoms with Crippen molar-refractivity contribution >= 4 is 15.8 Å². The molecule has 1 aliphatic heterocycles. The fourth-order valence-corrected chi connectivity index (χ4v) is 3.79. The fraction of sp³-hybridized carbons (Fsp3) is 0.700. The van der Waals surface area contributed by atoms with Crippen LogP contribution in [-0.2, 0) is 25.9 Å². The Morgan fingerprint density at radius 3 is 2.74 bits per heavy atom. The fourth-order valence-electron chi connectivity index (χ4n) is 2.10. The Hall–Kier alpha value is -1.48. The summed E-state index contributed by atoms with van der Waals surface area (Å²) in [6.45, 7) is 0.119. The standard InChI is InChI=1S/C10H15N3O5S/c1-17-5-8-9(10(14)18-2)11-12-13(8)7-3-4-19(15,16)6-7/h7H,3-6H2,1-2H3. The molecule has 0 spiro atoms. The Balaban J connectivity index is 2.36. The molecule has 0 aliphatic carbocycles. The van der Waals surface area contributed by atoms with E-state index < -0.39 is 15.8 Å². The maximum atomic E-state index is 11.6. The Kier molecular flexibility index (Phi) is 3.85. The van der Waals surface area contributed by atoms with E-state index in [1.54, 1.807) is 0 Å². The lowest BCUT2D eigenvalue weighted by Crippen LogP contribution is -2.17. The van der Waals surface area contributed by atoms with E-state index in [4.69, 9.17) is 4.74 Å². The zero-order valence-corrected chi connectivity index (χ0v) is 11.5. The normalized spacial score (nSPS) is 21.5. The monoisotopic (exact) mass is 289 g/mol. The molecule has 1 aliphatic rings. The quantitative estimate of drug-likeness (QED) is 0.693. The summed E-state index contributed by atoms with van der Waals surface area (Å²) in [5.41, 5.74) is 0.505. The van der Waals surface area contributed by atoms with Crippen LogP contribution in [-0.4, -0.2) is 55.1 Å². The molecule has 1 aromatic heterocycles. The van der Waals surface area contributed by atoms with Crippen molar-refractivity contribution in [1.29, 1.82) is 0 Å². The van der Waals surface area contributed by atoms with Gasteiger partial charge in [-0.3, -0.25) is 0 Å². The first-order valence-corrected chi connectivity index (χ1v) is 7.52. The van der Waals surface area contributed by atoms with Gasteiger partial charge in [-0.05, 0) is 6.42 Å². The number of nitrogens with zero attached hydrogens (tertiary/aromatic N) is 3. The third-order valence-corrected chi connectivity index (χ3v) is 4.76. The molecule has 2 rings (SSSR count). The molecule has 0 aromatic carbocycles.